The Kier molecular flexibility index (Phi) is 9.14. The molecule has 1 N–H and O–H groups in total. The van der Waals surface area contributed by atoms with Crippen LogP contribution in [0.15, 0.2) is 18.2 Å². The van der Waals surface area contributed by atoms with E-state index in [1.165, 1.54) is 0 Å². The number of benzene rings is 1. The molecule has 1 aliphatic rings. The molecule has 0 aliphatic carbocycles. The number of hydrogen-bond acceptors (Lipinski definition) is 7. The molecule has 1 atom stereocenters. The lowest BCUT2D eigenvalue weighted by molar-refractivity contribution is 0.00445. The van der Waals surface area contributed by atoms with Gasteiger partial charge in [-0.15, -0.1) is 0 Å². The van der Waals surface area contributed by atoms with Gasteiger partial charge >= 0.3 is 0 Å². The Bertz CT molecular complexity index is 523. The van der Waals surface area contributed by atoms with Crippen molar-refractivity contribution in [3.63, 3.8) is 0 Å². The molecule has 2 rings (SSSR count). The van der Waals surface area contributed by atoms with Crippen LogP contribution in [0.25, 0.3) is 0 Å². The van der Waals surface area contributed by atoms with Crippen molar-refractivity contribution >= 4 is 0 Å². The molecular weight excluding hydrogens is 336 g/mol. The summed E-state index contributed by atoms with van der Waals surface area (Å²) in [6.45, 7) is 6.36. The van der Waals surface area contributed by atoms with Gasteiger partial charge in [0.1, 0.15) is 12.7 Å². The number of hydrogen-bond donors (Lipinski definition) is 1. The fourth-order valence-electron chi connectivity index (χ4n) is 2.89. The smallest absolute Gasteiger partial charge is 0.161 e. The van der Waals surface area contributed by atoms with Crippen molar-refractivity contribution in [1.82, 2.24) is 9.80 Å². The van der Waals surface area contributed by atoms with Crippen LogP contribution in [0, 0.1) is 0 Å². The Morgan fingerprint density at radius 3 is 2.69 bits per heavy atom. The molecule has 0 saturated carbocycles. The molecule has 26 heavy (non-hydrogen) atoms. The molecule has 0 spiro atoms. The predicted octanol–water partition coefficient (Wildman–Crippen LogP) is 0.845. The van der Waals surface area contributed by atoms with Crippen LogP contribution in [0.3, 0.4) is 0 Å². The van der Waals surface area contributed by atoms with E-state index in [9.17, 15) is 5.11 Å². The summed E-state index contributed by atoms with van der Waals surface area (Å²) in [7, 11) is 5.39. The van der Waals surface area contributed by atoms with Crippen LogP contribution >= 0.6 is 0 Å². The number of rotatable bonds is 11. The number of methoxy groups -OCH3 is 2. The van der Waals surface area contributed by atoms with Gasteiger partial charge in [0.05, 0.1) is 26.9 Å². The molecule has 0 bridgehead atoms. The zero-order chi connectivity index (χ0) is 18.8. The van der Waals surface area contributed by atoms with E-state index in [2.05, 4.69) is 16.8 Å². The van der Waals surface area contributed by atoms with Gasteiger partial charge in [-0.1, -0.05) is 6.07 Å². The molecule has 1 heterocycles. The Morgan fingerprint density at radius 1 is 1.23 bits per heavy atom. The quantitative estimate of drug-likeness (QED) is 0.621. The molecule has 148 valence electrons. The van der Waals surface area contributed by atoms with Gasteiger partial charge in [0.25, 0.3) is 0 Å². The highest BCUT2D eigenvalue weighted by Gasteiger charge is 2.16. The molecule has 0 amide bonds. The van der Waals surface area contributed by atoms with Crippen molar-refractivity contribution < 1.29 is 24.1 Å². The van der Waals surface area contributed by atoms with Crippen molar-refractivity contribution in [3.05, 3.63) is 23.8 Å². The van der Waals surface area contributed by atoms with Gasteiger partial charge < -0.3 is 24.1 Å². The van der Waals surface area contributed by atoms with Gasteiger partial charge in [0, 0.05) is 39.8 Å². The van der Waals surface area contributed by atoms with Crippen molar-refractivity contribution in [2.45, 2.75) is 12.6 Å². The predicted molar refractivity (Wildman–Crippen MR) is 100.0 cm³/mol. The van der Waals surface area contributed by atoms with Crippen LogP contribution in [0.1, 0.15) is 5.56 Å². The lowest BCUT2D eigenvalue weighted by Crippen LogP contribution is -2.42. The van der Waals surface area contributed by atoms with Gasteiger partial charge in [-0.25, -0.2) is 0 Å². The highest BCUT2D eigenvalue weighted by Crippen LogP contribution is 2.28. The zero-order valence-electron chi connectivity index (χ0n) is 16.1. The molecule has 1 fully saturated rings. The van der Waals surface area contributed by atoms with Gasteiger partial charge in [0.15, 0.2) is 11.5 Å². The minimum Gasteiger partial charge on any atom is -0.493 e. The number of likely N-dealkylation sites (N-methyl/N-ethyl adjacent to an activating group) is 1. The molecular formula is C19H32N2O5. The molecule has 1 saturated heterocycles. The largest absolute Gasteiger partial charge is 0.493 e. The van der Waals surface area contributed by atoms with E-state index in [0.29, 0.717) is 24.7 Å². The van der Waals surface area contributed by atoms with Crippen molar-refractivity contribution in [3.8, 4) is 11.5 Å². The van der Waals surface area contributed by atoms with E-state index in [4.69, 9.17) is 18.9 Å². The second-order valence-electron chi connectivity index (χ2n) is 6.59. The summed E-state index contributed by atoms with van der Waals surface area (Å²) >= 11 is 0. The van der Waals surface area contributed by atoms with Crippen LogP contribution in [0.4, 0.5) is 0 Å². The van der Waals surface area contributed by atoms with E-state index < -0.39 is 6.10 Å². The van der Waals surface area contributed by atoms with Crippen LogP contribution in [-0.4, -0.2) is 94.9 Å². The molecule has 0 radical (unpaired) electrons. The fourth-order valence-corrected chi connectivity index (χ4v) is 2.89. The first-order chi connectivity index (χ1) is 12.6. The van der Waals surface area contributed by atoms with Crippen molar-refractivity contribution in [1.29, 1.82) is 0 Å². The Balaban J connectivity index is 1.84. The van der Waals surface area contributed by atoms with E-state index in [1.807, 2.05) is 18.2 Å². The van der Waals surface area contributed by atoms with Gasteiger partial charge in [-0.3, -0.25) is 9.80 Å². The van der Waals surface area contributed by atoms with Crippen LogP contribution < -0.4 is 9.47 Å². The first kappa shape index (κ1) is 20.9. The molecule has 7 nitrogen and oxygen atoms in total. The first-order valence-electron chi connectivity index (χ1n) is 9.07. The standard InChI is InChI=1S/C19H32N2O5/c1-20(6-9-23-2)13-16-4-5-18(19(12-16)24-3)26-15-17(22)14-21-7-10-25-11-8-21/h4-5,12,17,22H,6-11,13-15H2,1-3H3. The summed E-state index contributed by atoms with van der Waals surface area (Å²) < 4.78 is 21.7. The third-order valence-electron chi connectivity index (χ3n) is 4.36. The summed E-state index contributed by atoms with van der Waals surface area (Å²) in [5.41, 5.74) is 1.14. The lowest BCUT2D eigenvalue weighted by atomic mass is 10.2. The summed E-state index contributed by atoms with van der Waals surface area (Å²) in [5, 5.41) is 10.2. The summed E-state index contributed by atoms with van der Waals surface area (Å²) in [4.78, 5) is 4.37. The Morgan fingerprint density at radius 2 is 2.00 bits per heavy atom. The minimum absolute atomic E-state index is 0.237. The highest BCUT2D eigenvalue weighted by molar-refractivity contribution is 5.43. The highest BCUT2D eigenvalue weighted by atomic mass is 16.5. The molecule has 1 unspecified atom stereocenters. The second-order valence-corrected chi connectivity index (χ2v) is 6.59. The topological polar surface area (TPSA) is 63.6 Å². The minimum atomic E-state index is -0.544. The fraction of sp³-hybridized carbons (Fsp3) is 0.684. The normalized spacial score (nSPS) is 16.7. The van der Waals surface area contributed by atoms with E-state index in [-0.39, 0.29) is 6.61 Å². The average Bonchev–Trinajstić information content (AvgIpc) is 2.66. The second kappa shape index (κ2) is 11.4. The molecule has 1 aliphatic heterocycles. The van der Waals surface area contributed by atoms with Crippen LogP contribution in [-0.2, 0) is 16.0 Å². The van der Waals surface area contributed by atoms with Crippen LogP contribution in [0.2, 0.25) is 0 Å². The zero-order valence-corrected chi connectivity index (χ0v) is 16.1. The summed E-state index contributed by atoms with van der Waals surface area (Å²) in [6.07, 6.45) is -0.544. The van der Waals surface area contributed by atoms with Gasteiger partial charge in [0.2, 0.25) is 0 Å². The summed E-state index contributed by atoms with van der Waals surface area (Å²) in [5.74, 6) is 1.33. The number of β-amino-alcohol motifs (C(OH)–C–C–N with tert-alkyl or cyclic N) is 1. The number of nitrogens with zero attached hydrogens (tertiary/aromatic N) is 2. The third-order valence-corrected chi connectivity index (χ3v) is 4.36. The Hall–Kier alpha value is -1.38. The molecule has 0 aromatic heterocycles. The molecule has 7 heteroatoms. The number of aliphatic hydroxyl groups excluding tert-OH is 1. The molecule has 1 aromatic carbocycles. The van der Waals surface area contributed by atoms with Crippen molar-refractivity contribution in [2.24, 2.45) is 0 Å². The summed E-state index contributed by atoms with van der Waals surface area (Å²) in [6, 6.07) is 5.91. The van der Waals surface area contributed by atoms with Gasteiger partial charge in [-0.05, 0) is 24.7 Å². The average molecular weight is 368 g/mol. The number of ether oxygens (including phenoxy) is 4. The third kappa shape index (κ3) is 7.09. The maximum atomic E-state index is 10.2. The van der Waals surface area contributed by atoms with E-state index in [1.54, 1.807) is 14.2 Å². The lowest BCUT2D eigenvalue weighted by Gasteiger charge is -2.28. The van der Waals surface area contributed by atoms with Gasteiger partial charge in [-0.2, -0.15) is 0 Å². The number of morpholine rings is 1. The van der Waals surface area contributed by atoms with Crippen LogP contribution in [0.5, 0.6) is 11.5 Å². The SMILES string of the molecule is COCCN(C)Cc1ccc(OCC(O)CN2CCOCC2)c(OC)c1. The first-order valence-corrected chi connectivity index (χ1v) is 9.07. The number of aliphatic hydroxyl groups is 1. The maximum Gasteiger partial charge on any atom is 0.161 e. The van der Waals surface area contributed by atoms with E-state index >= 15 is 0 Å². The maximum absolute atomic E-state index is 10.2. The monoisotopic (exact) mass is 368 g/mol. The Labute approximate surface area is 156 Å². The van der Waals surface area contributed by atoms with E-state index in [0.717, 1.165) is 45.0 Å². The van der Waals surface area contributed by atoms with Crippen molar-refractivity contribution in [2.75, 3.05) is 73.9 Å². The molecule has 1 aromatic rings.